The first-order valence-corrected chi connectivity index (χ1v) is 10.9. The third-order valence-electron chi connectivity index (χ3n) is 6.35. The number of benzene rings is 2. The summed E-state index contributed by atoms with van der Waals surface area (Å²) in [6, 6.07) is 5.39. The van der Waals surface area contributed by atoms with E-state index in [1.807, 2.05) is 11.9 Å². The van der Waals surface area contributed by atoms with E-state index in [4.69, 9.17) is 25.5 Å². The molecule has 0 spiro atoms. The maximum Gasteiger partial charge on any atom is 0.416 e. The summed E-state index contributed by atoms with van der Waals surface area (Å²) < 4.78 is 56.4. The summed E-state index contributed by atoms with van der Waals surface area (Å²) in [5, 5.41) is 9.98. The first-order valence-electron chi connectivity index (χ1n) is 10.5. The Bertz CT molecular complexity index is 1290. The molecule has 0 radical (unpaired) electrons. The molecule has 1 aliphatic rings. The molecule has 1 fully saturated rings. The lowest BCUT2D eigenvalue weighted by Crippen LogP contribution is -2.32. The van der Waals surface area contributed by atoms with Crippen LogP contribution in [-0.4, -0.2) is 50.5 Å². The number of likely N-dealkylation sites (tertiary alicyclic amines) is 1. The number of halogens is 4. The Labute approximate surface area is 198 Å². The number of likely N-dealkylation sites (N-methyl/N-ethyl adjacent to an activating group) is 1. The number of nitrogens with zero attached hydrogens (tertiary/aromatic N) is 1. The predicted octanol–water partition coefficient (Wildman–Crippen LogP) is 4.93. The number of aliphatic hydroxyl groups excluding tert-OH is 1. The minimum absolute atomic E-state index is 0.0136. The van der Waals surface area contributed by atoms with Gasteiger partial charge in [-0.3, -0.25) is 4.79 Å². The highest BCUT2D eigenvalue weighted by Crippen LogP contribution is 2.45. The van der Waals surface area contributed by atoms with Gasteiger partial charge in [-0.1, -0.05) is 11.6 Å². The zero-order valence-corrected chi connectivity index (χ0v) is 19.5. The Morgan fingerprint density at radius 3 is 2.47 bits per heavy atom. The topological polar surface area (TPSA) is 72.1 Å². The smallest absolute Gasteiger partial charge is 0.416 e. The monoisotopic (exact) mass is 497 g/mol. The number of fused-ring (bicyclic) bond motifs is 1. The molecule has 0 aliphatic carbocycles. The van der Waals surface area contributed by atoms with Gasteiger partial charge in [0.25, 0.3) is 0 Å². The van der Waals surface area contributed by atoms with Crippen LogP contribution in [0.25, 0.3) is 22.3 Å². The summed E-state index contributed by atoms with van der Waals surface area (Å²) >= 11 is 6.17. The van der Waals surface area contributed by atoms with E-state index < -0.39 is 17.2 Å². The largest absolute Gasteiger partial charge is 0.496 e. The highest BCUT2D eigenvalue weighted by Gasteiger charge is 2.37. The quantitative estimate of drug-likeness (QED) is 0.539. The maximum atomic E-state index is 13.2. The molecule has 34 heavy (non-hydrogen) atoms. The van der Waals surface area contributed by atoms with Crippen LogP contribution in [0, 0.1) is 0 Å². The summed E-state index contributed by atoms with van der Waals surface area (Å²) in [6.45, 7) is 0.591. The zero-order chi connectivity index (χ0) is 24.8. The highest BCUT2D eigenvalue weighted by molar-refractivity contribution is 6.33. The van der Waals surface area contributed by atoms with Crippen molar-refractivity contribution in [3.63, 3.8) is 0 Å². The van der Waals surface area contributed by atoms with Crippen molar-refractivity contribution in [3.05, 3.63) is 56.7 Å². The average molecular weight is 498 g/mol. The molecular weight excluding hydrogens is 475 g/mol. The number of methoxy groups -OCH3 is 2. The van der Waals surface area contributed by atoms with Gasteiger partial charge in [-0.15, -0.1) is 0 Å². The number of aliphatic hydroxyl groups is 1. The van der Waals surface area contributed by atoms with Gasteiger partial charge in [0.05, 0.1) is 31.4 Å². The summed E-state index contributed by atoms with van der Waals surface area (Å²) in [6.07, 6.45) is -3.89. The van der Waals surface area contributed by atoms with Crippen molar-refractivity contribution in [2.24, 2.45) is 0 Å². The van der Waals surface area contributed by atoms with E-state index in [1.54, 1.807) is 6.07 Å². The van der Waals surface area contributed by atoms with Crippen molar-refractivity contribution < 1.29 is 32.2 Å². The van der Waals surface area contributed by atoms with Gasteiger partial charge in [-0.2, -0.15) is 13.2 Å². The fourth-order valence-corrected chi connectivity index (χ4v) is 4.89. The molecule has 2 heterocycles. The number of rotatable bonds is 5. The van der Waals surface area contributed by atoms with Crippen LogP contribution in [-0.2, 0) is 6.18 Å². The second-order valence-corrected chi connectivity index (χ2v) is 8.60. The zero-order valence-electron chi connectivity index (χ0n) is 18.7. The van der Waals surface area contributed by atoms with Gasteiger partial charge >= 0.3 is 6.18 Å². The Morgan fingerprint density at radius 1 is 1.18 bits per heavy atom. The van der Waals surface area contributed by atoms with Crippen LogP contribution in [0.3, 0.4) is 0 Å². The van der Waals surface area contributed by atoms with Crippen molar-refractivity contribution in [1.82, 2.24) is 4.90 Å². The first-order chi connectivity index (χ1) is 16.1. The minimum Gasteiger partial charge on any atom is -0.496 e. The van der Waals surface area contributed by atoms with Crippen LogP contribution in [0.1, 0.15) is 23.5 Å². The summed E-state index contributed by atoms with van der Waals surface area (Å²) in [5.41, 5.74) is -0.436. The minimum atomic E-state index is -4.56. The third kappa shape index (κ3) is 4.12. The Hall–Kier alpha value is -2.75. The van der Waals surface area contributed by atoms with Crippen LogP contribution in [0.2, 0.25) is 5.02 Å². The number of hydrogen-bond acceptors (Lipinski definition) is 6. The number of alkyl halides is 3. The molecule has 0 amide bonds. The Kier molecular flexibility index (Phi) is 6.54. The van der Waals surface area contributed by atoms with Crippen LogP contribution in [0.15, 0.2) is 39.5 Å². The Morgan fingerprint density at radius 2 is 1.88 bits per heavy atom. The van der Waals surface area contributed by atoms with Crippen LogP contribution in [0.5, 0.6) is 11.5 Å². The molecule has 4 rings (SSSR count). The number of ether oxygens (including phenoxy) is 2. The van der Waals surface area contributed by atoms with Crippen LogP contribution in [0.4, 0.5) is 13.2 Å². The third-order valence-corrected chi connectivity index (χ3v) is 6.66. The second-order valence-electron chi connectivity index (χ2n) is 8.19. The summed E-state index contributed by atoms with van der Waals surface area (Å²) in [4.78, 5) is 15.2. The van der Waals surface area contributed by atoms with E-state index >= 15 is 0 Å². The molecular formula is C24H23ClF3NO5. The van der Waals surface area contributed by atoms with Crippen LogP contribution >= 0.6 is 11.6 Å². The predicted molar refractivity (Wildman–Crippen MR) is 122 cm³/mol. The SMILES string of the molecule is COc1cc(OC)c2c(=O)cc(-c3ccc(C(F)(F)F)cc3Cl)oc2c1[C@@H]1CCN(C)[C@H]1CO. The van der Waals surface area contributed by atoms with Gasteiger partial charge in [0, 0.05) is 35.2 Å². The molecule has 0 bridgehead atoms. The van der Waals surface area contributed by atoms with E-state index in [1.165, 1.54) is 26.4 Å². The molecule has 1 aromatic heterocycles. The molecule has 10 heteroatoms. The normalized spacial score (nSPS) is 19.1. The highest BCUT2D eigenvalue weighted by atomic mass is 35.5. The van der Waals surface area contributed by atoms with Gasteiger partial charge in [0.1, 0.15) is 28.2 Å². The van der Waals surface area contributed by atoms with Crippen molar-refractivity contribution in [3.8, 4) is 22.8 Å². The second kappa shape index (κ2) is 9.13. The van der Waals surface area contributed by atoms with Crippen molar-refractivity contribution in [2.75, 3.05) is 34.4 Å². The van der Waals surface area contributed by atoms with Gasteiger partial charge in [0.2, 0.25) is 0 Å². The lowest BCUT2D eigenvalue weighted by molar-refractivity contribution is -0.137. The van der Waals surface area contributed by atoms with Crippen molar-refractivity contribution in [1.29, 1.82) is 0 Å². The molecule has 0 saturated carbocycles. The molecule has 3 aromatic rings. The molecule has 6 nitrogen and oxygen atoms in total. The fraction of sp³-hybridized carbons (Fsp3) is 0.375. The fourth-order valence-electron chi connectivity index (χ4n) is 4.61. The van der Waals surface area contributed by atoms with E-state index in [-0.39, 0.29) is 51.6 Å². The Balaban J connectivity index is 2.01. The van der Waals surface area contributed by atoms with Crippen LogP contribution < -0.4 is 14.9 Å². The summed E-state index contributed by atoms with van der Waals surface area (Å²) in [7, 11) is 4.78. The van der Waals surface area contributed by atoms with Crippen molar-refractivity contribution in [2.45, 2.75) is 24.6 Å². The molecule has 0 unspecified atom stereocenters. The lowest BCUT2D eigenvalue weighted by Gasteiger charge is -2.25. The number of hydrogen-bond donors (Lipinski definition) is 1. The molecule has 182 valence electrons. The van der Waals surface area contributed by atoms with E-state index in [9.17, 15) is 23.1 Å². The maximum absolute atomic E-state index is 13.2. The lowest BCUT2D eigenvalue weighted by atomic mass is 9.89. The molecule has 2 aromatic carbocycles. The van der Waals surface area contributed by atoms with E-state index in [0.717, 1.165) is 12.1 Å². The van der Waals surface area contributed by atoms with Gasteiger partial charge in [-0.25, -0.2) is 0 Å². The average Bonchev–Trinajstić information content (AvgIpc) is 3.16. The van der Waals surface area contributed by atoms with Gasteiger partial charge < -0.3 is 23.9 Å². The molecule has 2 atom stereocenters. The van der Waals surface area contributed by atoms with E-state index in [0.29, 0.717) is 24.3 Å². The molecule has 1 saturated heterocycles. The van der Waals surface area contributed by atoms with Gasteiger partial charge in [0.15, 0.2) is 5.43 Å². The van der Waals surface area contributed by atoms with Crippen molar-refractivity contribution >= 4 is 22.6 Å². The molecule has 1 aliphatic heterocycles. The van der Waals surface area contributed by atoms with E-state index in [2.05, 4.69) is 0 Å². The first kappa shape index (κ1) is 24.4. The van der Waals surface area contributed by atoms with Gasteiger partial charge in [-0.05, 0) is 38.2 Å². The summed E-state index contributed by atoms with van der Waals surface area (Å²) in [5.74, 6) is 0.447. The molecule has 1 N–H and O–H groups in total. The standard InChI is InChI=1S/C24H23ClF3NO5/c1-29-7-6-14(16(29)11-30)21-19(32-2)10-20(33-3)22-17(31)9-18(34-23(21)22)13-5-4-12(8-15(13)25)24(26,27)28/h4-5,8-10,14,16,30H,6-7,11H2,1-3H3/t14-,16+/m1/s1.